The van der Waals surface area contributed by atoms with Gasteiger partial charge in [-0.2, -0.15) is 0 Å². The molecule has 16 heavy (non-hydrogen) atoms. The molecule has 1 rings (SSSR count). The zero-order valence-electron chi connectivity index (χ0n) is 9.50. The molecule has 0 saturated heterocycles. The molecule has 0 saturated carbocycles. The van der Waals surface area contributed by atoms with Crippen LogP contribution >= 0.6 is 11.6 Å². The predicted octanol–water partition coefficient (Wildman–Crippen LogP) is 2.38. The molecule has 1 atom stereocenters. The highest BCUT2D eigenvalue weighted by atomic mass is 35.5. The van der Waals surface area contributed by atoms with Gasteiger partial charge in [-0.3, -0.25) is 4.79 Å². The Hall–Kier alpha value is -1.06. The van der Waals surface area contributed by atoms with Crippen molar-refractivity contribution in [2.24, 2.45) is 0 Å². The summed E-state index contributed by atoms with van der Waals surface area (Å²) < 4.78 is 5.17. The van der Waals surface area contributed by atoms with Crippen molar-refractivity contribution in [2.75, 3.05) is 7.05 Å². The summed E-state index contributed by atoms with van der Waals surface area (Å²) in [4.78, 5) is 11.5. The van der Waals surface area contributed by atoms with E-state index in [0.717, 1.165) is 12.0 Å². The number of ether oxygens (including phenoxy) is 1. The SMILES string of the molecule is CCC(NC)C(=O)OCc1ccc(Cl)cc1. The summed E-state index contributed by atoms with van der Waals surface area (Å²) in [5.41, 5.74) is 0.934. The smallest absolute Gasteiger partial charge is 0.323 e. The normalized spacial score (nSPS) is 12.2. The van der Waals surface area contributed by atoms with Crippen LogP contribution in [0.15, 0.2) is 24.3 Å². The van der Waals surface area contributed by atoms with Gasteiger partial charge in [-0.15, -0.1) is 0 Å². The van der Waals surface area contributed by atoms with E-state index < -0.39 is 0 Å². The predicted molar refractivity (Wildman–Crippen MR) is 64.4 cm³/mol. The Morgan fingerprint density at radius 3 is 2.56 bits per heavy atom. The number of hydrogen-bond donors (Lipinski definition) is 1. The number of likely N-dealkylation sites (N-methyl/N-ethyl adjacent to an activating group) is 1. The van der Waals surface area contributed by atoms with Crippen molar-refractivity contribution in [3.8, 4) is 0 Å². The van der Waals surface area contributed by atoms with Crippen molar-refractivity contribution in [2.45, 2.75) is 26.0 Å². The van der Waals surface area contributed by atoms with E-state index in [4.69, 9.17) is 16.3 Å². The average molecular weight is 242 g/mol. The van der Waals surface area contributed by atoms with Crippen LogP contribution in [0.2, 0.25) is 5.02 Å². The van der Waals surface area contributed by atoms with Gasteiger partial charge in [0.15, 0.2) is 0 Å². The van der Waals surface area contributed by atoms with Crippen LogP contribution < -0.4 is 5.32 Å². The van der Waals surface area contributed by atoms with E-state index in [2.05, 4.69) is 5.32 Å². The summed E-state index contributed by atoms with van der Waals surface area (Å²) in [6, 6.07) is 7.01. The van der Waals surface area contributed by atoms with Crippen LogP contribution in [0, 0.1) is 0 Å². The minimum absolute atomic E-state index is 0.222. The van der Waals surface area contributed by atoms with Crippen molar-refractivity contribution < 1.29 is 9.53 Å². The van der Waals surface area contributed by atoms with Gasteiger partial charge in [0, 0.05) is 5.02 Å². The second kappa shape index (κ2) is 6.51. The van der Waals surface area contributed by atoms with Crippen LogP contribution in [0.25, 0.3) is 0 Å². The number of carbonyl (C=O) groups excluding carboxylic acids is 1. The van der Waals surface area contributed by atoms with E-state index in [1.807, 2.05) is 19.1 Å². The van der Waals surface area contributed by atoms with Crippen LogP contribution in [-0.4, -0.2) is 19.1 Å². The molecule has 0 aliphatic heterocycles. The Morgan fingerprint density at radius 1 is 1.44 bits per heavy atom. The molecule has 0 spiro atoms. The van der Waals surface area contributed by atoms with Crippen molar-refractivity contribution in [3.63, 3.8) is 0 Å². The summed E-state index contributed by atoms with van der Waals surface area (Å²) in [6.07, 6.45) is 0.718. The molecular formula is C12H16ClNO2. The first-order chi connectivity index (χ1) is 7.67. The van der Waals surface area contributed by atoms with Gasteiger partial charge in [0.1, 0.15) is 12.6 Å². The van der Waals surface area contributed by atoms with Crippen LogP contribution in [0.5, 0.6) is 0 Å². The lowest BCUT2D eigenvalue weighted by Gasteiger charge is -2.12. The fourth-order valence-corrected chi connectivity index (χ4v) is 1.45. The first-order valence-electron chi connectivity index (χ1n) is 5.25. The van der Waals surface area contributed by atoms with Gasteiger partial charge in [-0.05, 0) is 31.2 Å². The molecule has 0 amide bonds. The number of nitrogens with one attached hydrogen (secondary N) is 1. The lowest BCUT2D eigenvalue weighted by Crippen LogP contribution is -2.34. The lowest BCUT2D eigenvalue weighted by atomic mass is 10.2. The van der Waals surface area contributed by atoms with Gasteiger partial charge in [-0.1, -0.05) is 30.7 Å². The number of esters is 1. The van der Waals surface area contributed by atoms with Crippen molar-refractivity contribution in [1.82, 2.24) is 5.32 Å². The van der Waals surface area contributed by atoms with E-state index in [1.165, 1.54) is 0 Å². The third-order valence-electron chi connectivity index (χ3n) is 2.34. The first kappa shape index (κ1) is 13.0. The molecule has 0 heterocycles. The molecule has 0 fully saturated rings. The Kier molecular flexibility index (Phi) is 5.29. The molecule has 1 aromatic carbocycles. The third kappa shape index (κ3) is 3.83. The maximum absolute atomic E-state index is 11.5. The summed E-state index contributed by atoms with van der Waals surface area (Å²) >= 11 is 5.75. The molecule has 0 aliphatic carbocycles. The molecule has 0 radical (unpaired) electrons. The average Bonchev–Trinajstić information content (AvgIpc) is 2.30. The summed E-state index contributed by atoms with van der Waals surface area (Å²) in [5, 5.41) is 3.58. The van der Waals surface area contributed by atoms with Crippen LogP contribution in [-0.2, 0) is 16.1 Å². The molecule has 1 unspecified atom stereocenters. The molecule has 1 N–H and O–H groups in total. The van der Waals surface area contributed by atoms with Gasteiger partial charge >= 0.3 is 5.97 Å². The minimum atomic E-state index is -0.229. The van der Waals surface area contributed by atoms with E-state index in [0.29, 0.717) is 5.02 Å². The quantitative estimate of drug-likeness (QED) is 0.805. The van der Waals surface area contributed by atoms with E-state index in [9.17, 15) is 4.79 Å². The lowest BCUT2D eigenvalue weighted by molar-refractivity contribution is -0.147. The van der Waals surface area contributed by atoms with E-state index in [1.54, 1.807) is 19.2 Å². The zero-order chi connectivity index (χ0) is 12.0. The molecular weight excluding hydrogens is 226 g/mol. The highest BCUT2D eigenvalue weighted by molar-refractivity contribution is 6.30. The number of hydrogen-bond acceptors (Lipinski definition) is 3. The van der Waals surface area contributed by atoms with Gasteiger partial charge in [0.2, 0.25) is 0 Å². The summed E-state index contributed by atoms with van der Waals surface area (Å²) in [7, 11) is 1.75. The summed E-state index contributed by atoms with van der Waals surface area (Å²) in [5.74, 6) is -0.222. The molecule has 88 valence electrons. The maximum atomic E-state index is 11.5. The van der Waals surface area contributed by atoms with Gasteiger partial charge in [0.05, 0.1) is 0 Å². The number of benzene rings is 1. The largest absolute Gasteiger partial charge is 0.460 e. The van der Waals surface area contributed by atoms with Gasteiger partial charge < -0.3 is 10.1 Å². The second-order valence-corrected chi connectivity index (χ2v) is 3.92. The van der Waals surface area contributed by atoms with Crippen molar-refractivity contribution in [3.05, 3.63) is 34.9 Å². The fourth-order valence-electron chi connectivity index (χ4n) is 1.32. The molecule has 0 aromatic heterocycles. The monoisotopic (exact) mass is 241 g/mol. The highest BCUT2D eigenvalue weighted by Crippen LogP contribution is 2.10. The van der Waals surface area contributed by atoms with Crippen LogP contribution in [0.3, 0.4) is 0 Å². The molecule has 1 aromatic rings. The van der Waals surface area contributed by atoms with Crippen LogP contribution in [0.1, 0.15) is 18.9 Å². The van der Waals surface area contributed by atoms with E-state index in [-0.39, 0.29) is 18.6 Å². The Balaban J connectivity index is 2.45. The van der Waals surface area contributed by atoms with Crippen molar-refractivity contribution in [1.29, 1.82) is 0 Å². The highest BCUT2D eigenvalue weighted by Gasteiger charge is 2.15. The molecule has 3 nitrogen and oxygen atoms in total. The number of halogens is 1. The van der Waals surface area contributed by atoms with Crippen LogP contribution in [0.4, 0.5) is 0 Å². The van der Waals surface area contributed by atoms with E-state index >= 15 is 0 Å². The summed E-state index contributed by atoms with van der Waals surface area (Å²) in [6.45, 7) is 2.22. The Morgan fingerprint density at radius 2 is 2.06 bits per heavy atom. The second-order valence-electron chi connectivity index (χ2n) is 3.48. The number of carbonyl (C=O) groups is 1. The Bertz CT molecular complexity index is 333. The zero-order valence-corrected chi connectivity index (χ0v) is 10.3. The van der Waals surface area contributed by atoms with Gasteiger partial charge in [0.25, 0.3) is 0 Å². The topological polar surface area (TPSA) is 38.3 Å². The molecule has 4 heteroatoms. The first-order valence-corrected chi connectivity index (χ1v) is 5.63. The minimum Gasteiger partial charge on any atom is -0.460 e. The fraction of sp³-hybridized carbons (Fsp3) is 0.417. The molecule has 0 bridgehead atoms. The van der Waals surface area contributed by atoms with Gasteiger partial charge in [-0.25, -0.2) is 0 Å². The standard InChI is InChI=1S/C12H16ClNO2/c1-3-11(14-2)12(15)16-8-9-4-6-10(13)7-5-9/h4-7,11,14H,3,8H2,1-2H3. The number of rotatable bonds is 5. The van der Waals surface area contributed by atoms with Crippen molar-refractivity contribution >= 4 is 17.6 Å². The third-order valence-corrected chi connectivity index (χ3v) is 2.59. The Labute approximate surface area is 101 Å². The maximum Gasteiger partial charge on any atom is 0.323 e. The molecule has 0 aliphatic rings.